The van der Waals surface area contributed by atoms with Crippen LogP contribution in [-0.4, -0.2) is 62.9 Å². The van der Waals surface area contributed by atoms with Crippen LogP contribution in [-0.2, 0) is 14.8 Å². The molecule has 1 aromatic carbocycles. The zero-order valence-electron chi connectivity index (χ0n) is 14.2. The molecule has 1 heterocycles. The van der Waals surface area contributed by atoms with Crippen molar-refractivity contribution in [1.82, 2.24) is 9.21 Å². The number of rotatable bonds is 4. The molecule has 24 heavy (non-hydrogen) atoms. The lowest BCUT2D eigenvalue weighted by atomic mass is 9.98. The van der Waals surface area contributed by atoms with E-state index in [2.05, 4.69) is 5.32 Å². The first kappa shape index (κ1) is 18.4. The van der Waals surface area contributed by atoms with Crippen molar-refractivity contribution in [3.63, 3.8) is 0 Å². The Kier molecular flexibility index (Phi) is 5.61. The van der Waals surface area contributed by atoms with Gasteiger partial charge in [0.25, 0.3) is 5.91 Å². The SMILES string of the molecule is CN(C)C(=O)c1ccc(NC(=O)[C@H]2CCCN(S(C)(=O)=O)C2)cc1. The molecule has 1 aliphatic heterocycles. The van der Waals surface area contributed by atoms with Crippen LogP contribution in [0.4, 0.5) is 5.69 Å². The van der Waals surface area contributed by atoms with Gasteiger partial charge in [-0.1, -0.05) is 0 Å². The number of nitrogens with zero attached hydrogens (tertiary/aromatic N) is 2. The second-order valence-corrected chi connectivity index (χ2v) is 8.21. The Morgan fingerprint density at radius 3 is 2.38 bits per heavy atom. The van der Waals surface area contributed by atoms with Gasteiger partial charge in [0.2, 0.25) is 15.9 Å². The van der Waals surface area contributed by atoms with Gasteiger partial charge in [0.1, 0.15) is 0 Å². The maximum Gasteiger partial charge on any atom is 0.253 e. The normalized spacial score (nSPS) is 18.9. The van der Waals surface area contributed by atoms with Crippen LogP contribution in [0.1, 0.15) is 23.2 Å². The number of hydrogen-bond donors (Lipinski definition) is 1. The summed E-state index contributed by atoms with van der Waals surface area (Å²) < 4.78 is 24.6. The van der Waals surface area contributed by atoms with Crippen LogP contribution in [0, 0.1) is 5.92 Å². The molecule has 0 spiro atoms. The number of nitrogens with one attached hydrogen (secondary N) is 1. The number of anilines is 1. The van der Waals surface area contributed by atoms with E-state index in [-0.39, 0.29) is 24.3 Å². The molecule has 0 saturated carbocycles. The first-order valence-corrected chi connectivity index (χ1v) is 9.61. The standard InChI is InChI=1S/C16H23N3O4S/c1-18(2)16(21)12-6-8-14(9-7-12)17-15(20)13-5-4-10-19(11-13)24(3,22)23/h6-9,13H,4-5,10-11H2,1-3H3,(H,17,20)/t13-/m0/s1. The molecule has 1 saturated heterocycles. The summed E-state index contributed by atoms with van der Waals surface area (Å²) in [5, 5.41) is 2.79. The van der Waals surface area contributed by atoms with Crippen molar-refractivity contribution < 1.29 is 18.0 Å². The third-order valence-corrected chi connectivity index (χ3v) is 5.30. The zero-order chi connectivity index (χ0) is 17.9. The van der Waals surface area contributed by atoms with Gasteiger partial charge in [0.05, 0.1) is 12.2 Å². The van der Waals surface area contributed by atoms with E-state index in [4.69, 9.17) is 0 Å². The number of carbonyl (C=O) groups is 2. The van der Waals surface area contributed by atoms with Crippen LogP contribution in [0.25, 0.3) is 0 Å². The van der Waals surface area contributed by atoms with E-state index in [0.717, 1.165) is 6.26 Å². The third kappa shape index (κ3) is 4.55. The van der Waals surface area contributed by atoms with Crippen molar-refractivity contribution in [1.29, 1.82) is 0 Å². The molecule has 0 unspecified atom stereocenters. The number of amides is 2. The van der Waals surface area contributed by atoms with Gasteiger partial charge in [-0.3, -0.25) is 9.59 Å². The van der Waals surface area contributed by atoms with Crippen LogP contribution < -0.4 is 5.32 Å². The highest BCUT2D eigenvalue weighted by Crippen LogP contribution is 2.21. The molecular formula is C16H23N3O4S. The molecule has 2 rings (SSSR count). The fraction of sp³-hybridized carbons (Fsp3) is 0.500. The van der Waals surface area contributed by atoms with Gasteiger partial charge in [-0.05, 0) is 37.1 Å². The minimum atomic E-state index is -3.28. The molecule has 2 amide bonds. The second kappa shape index (κ2) is 7.31. The molecule has 0 aromatic heterocycles. The first-order chi connectivity index (χ1) is 11.2. The number of carbonyl (C=O) groups excluding carboxylic acids is 2. The average molecular weight is 353 g/mol. The molecule has 0 radical (unpaired) electrons. The summed E-state index contributed by atoms with van der Waals surface area (Å²) in [6, 6.07) is 6.65. The van der Waals surface area contributed by atoms with Crippen molar-refractivity contribution in [2.75, 3.05) is 38.8 Å². The Balaban J connectivity index is 2.00. The smallest absolute Gasteiger partial charge is 0.253 e. The molecule has 132 valence electrons. The topological polar surface area (TPSA) is 86.8 Å². The fourth-order valence-electron chi connectivity index (χ4n) is 2.66. The van der Waals surface area contributed by atoms with Gasteiger partial charge in [-0.15, -0.1) is 0 Å². The Hall–Kier alpha value is -1.93. The molecular weight excluding hydrogens is 330 g/mol. The van der Waals surface area contributed by atoms with Gasteiger partial charge in [-0.2, -0.15) is 0 Å². The Bertz CT molecular complexity index is 713. The Labute approximate surface area is 142 Å². The molecule has 1 aliphatic rings. The zero-order valence-corrected chi connectivity index (χ0v) is 15.0. The summed E-state index contributed by atoms with van der Waals surface area (Å²) in [5.41, 5.74) is 1.13. The summed E-state index contributed by atoms with van der Waals surface area (Å²) in [6.07, 6.45) is 2.49. The summed E-state index contributed by atoms with van der Waals surface area (Å²) in [6.45, 7) is 0.672. The Morgan fingerprint density at radius 1 is 1.21 bits per heavy atom. The third-order valence-electron chi connectivity index (χ3n) is 4.03. The van der Waals surface area contributed by atoms with Gasteiger partial charge < -0.3 is 10.2 Å². The monoisotopic (exact) mass is 353 g/mol. The maximum atomic E-state index is 12.4. The summed E-state index contributed by atoms with van der Waals surface area (Å²) in [7, 11) is 0.0732. The van der Waals surface area contributed by atoms with Crippen molar-refractivity contribution in [3.8, 4) is 0 Å². The molecule has 0 bridgehead atoms. The van der Waals surface area contributed by atoms with Crippen LogP contribution in [0.2, 0.25) is 0 Å². The second-order valence-electron chi connectivity index (χ2n) is 6.23. The van der Waals surface area contributed by atoms with Gasteiger partial charge in [0, 0.05) is 38.4 Å². The van der Waals surface area contributed by atoms with E-state index in [1.54, 1.807) is 38.4 Å². The van der Waals surface area contributed by atoms with Crippen LogP contribution in [0.3, 0.4) is 0 Å². The average Bonchev–Trinajstić information content (AvgIpc) is 2.54. The lowest BCUT2D eigenvalue weighted by Gasteiger charge is -2.30. The van der Waals surface area contributed by atoms with E-state index in [0.29, 0.717) is 30.6 Å². The Morgan fingerprint density at radius 2 is 1.83 bits per heavy atom. The molecule has 1 fully saturated rings. The van der Waals surface area contributed by atoms with Crippen LogP contribution in [0.5, 0.6) is 0 Å². The van der Waals surface area contributed by atoms with E-state index >= 15 is 0 Å². The lowest BCUT2D eigenvalue weighted by Crippen LogP contribution is -2.43. The van der Waals surface area contributed by atoms with Gasteiger partial charge in [0.15, 0.2) is 0 Å². The fourth-order valence-corrected chi connectivity index (χ4v) is 3.57. The molecule has 1 atom stereocenters. The van der Waals surface area contributed by atoms with E-state index in [9.17, 15) is 18.0 Å². The lowest BCUT2D eigenvalue weighted by molar-refractivity contribution is -0.120. The summed E-state index contributed by atoms with van der Waals surface area (Å²) in [4.78, 5) is 25.7. The van der Waals surface area contributed by atoms with E-state index in [1.165, 1.54) is 9.21 Å². The maximum absolute atomic E-state index is 12.4. The van der Waals surface area contributed by atoms with Gasteiger partial charge >= 0.3 is 0 Å². The van der Waals surface area contributed by atoms with Crippen molar-refractivity contribution >= 4 is 27.5 Å². The quantitative estimate of drug-likeness (QED) is 0.875. The predicted octanol–water partition coefficient (Wildman–Crippen LogP) is 0.999. The number of sulfonamides is 1. The van der Waals surface area contributed by atoms with Crippen LogP contribution >= 0.6 is 0 Å². The van der Waals surface area contributed by atoms with E-state index in [1.807, 2.05) is 0 Å². The number of hydrogen-bond acceptors (Lipinski definition) is 4. The van der Waals surface area contributed by atoms with Crippen molar-refractivity contribution in [2.24, 2.45) is 5.92 Å². The first-order valence-electron chi connectivity index (χ1n) is 7.76. The number of benzene rings is 1. The highest BCUT2D eigenvalue weighted by molar-refractivity contribution is 7.88. The predicted molar refractivity (Wildman–Crippen MR) is 92.2 cm³/mol. The van der Waals surface area contributed by atoms with Crippen LogP contribution in [0.15, 0.2) is 24.3 Å². The molecule has 0 aliphatic carbocycles. The summed E-state index contributed by atoms with van der Waals surface area (Å²) in [5.74, 6) is -0.671. The highest BCUT2D eigenvalue weighted by Gasteiger charge is 2.30. The number of piperidine rings is 1. The molecule has 1 N–H and O–H groups in total. The minimum absolute atomic E-state index is 0.107. The van der Waals surface area contributed by atoms with Crippen molar-refractivity contribution in [3.05, 3.63) is 29.8 Å². The van der Waals surface area contributed by atoms with Crippen molar-refractivity contribution in [2.45, 2.75) is 12.8 Å². The highest BCUT2D eigenvalue weighted by atomic mass is 32.2. The molecule has 7 nitrogen and oxygen atoms in total. The summed E-state index contributed by atoms with van der Waals surface area (Å²) >= 11 is 0. The minimum Gasteiger partial charge on any atom is -0.345 e. The van der Waals surface area contributed by atoms with E-state index < -0.39 is 10.0 Å². The largest absolute Gasteiger partial charge is 0.345 e. The molecule has 1 aromatic rings. The van der Waals surface area contributed by atoms with Gasteiger partial charge in [-0.25, -0.2) is 12.7 Å². The molecule has 8 heteroatoms.